The number of nitrogens with one attached hydrogen (secondary N) is 3. The summed E-state index contributed by atoms with van der Waals surface area (Å²) >= 11 is 0. The summed E-state index contributed by atoms with van der Waals surface area (Å²) in [6.45, 7) is 6.56. The molecule has 3 rings (SSSR count). The maximum atomic E-state index is 12.0. The predicted octanol–water partition coefficient (Wildman–Crippen LogP) is 2.33. The Morgan fingerprint density at radius 2 is 2.19 bits per heavy atom. The number of amides is 1. The average Bonchev–Trinajstić information content (AvgIpc) is 3.07. The van der Waals surface area contributed by atoms with Gasteiger partial charge < -0.3 is 20.5 Å². The zero-order valence-electron chi connectivity index (χ0n) is 16.2. The van der Waals surface area contributed by atoms with Crippen molar-refractivity contribution < 1.29 is 4.79 Å². The summed E-state index contributed by atoms with van der Waals surface area (Å²) in [7, 11) is 1.75. The van der Waals surface area contributed by atoms with Crippen LogP contribution in [-0.4, -0.2) is 35.0 Å². The lowest BCUT2D eigenvalue weighted by Gasteiger charge is -2.26. The van der Waals surface area contributed by atoms with Crippen LogP contribution in [0.1, 0.15) is 37.6 Å². The number of hydrogen-bond acceptors (Lipinski definition) is 3. The molecule has 1 unspecified atom stereocenters. The molecule has 1 aromatic carbocycles. The number of carbonyl (C=O) groups excluding carboxylic acids is 1. The van der Waals surface area contributed by atoms with Crippen LogP contribution in [0.5, 0.6) is 0 Å². The molecule has 1 amide bonds. The van der Waals surface area contributed by atoms with Crippen LogP contribution >= 0.6 is 0 Å². The van der Waals surface area contributed by atoms with E-state index in [1.165, 1.54) is 0 Å². The van der Waals surface area contributed by atoms with Gasteiger partial charge in [-0.25, -0.2) is 4.98 Å². The number of carbonyl (C=O) groups is 1. The first kappa shape index (κ1) is 18.9. The summed E-state index contributed by atoms with van der Waals surface area (Å²) in [6.07, 6.45) is 4.30. The third-order valence-corrected chi connectivity index (χ3v) is 4.62. The van der Waals surface area contributed by atoms with Crippen LogP contribution in [0.3, 0.4) is 0 Å². The Hall–Kier alpha value is -2.83. The van der Waals surface area contributed by atoms with E-state index in [0.29, 0.717) is 31.4 Å². The van der Waals surface area contributed by atoms with Gasteiger partial charge in [-0.3, -0.25) is 9.79 Å². The second-order valence-corrected chi connectivity index (χ2v) is 7.23. The number of nitrogens with zero attached hydrogens (tertiary/aromatic N) is 3. The van der Waals surface area contributed by atoms with Crippen LogP contribution in [0.2, 0.25) is 0 Å². The molecule has 1 aliphatic heterocycles. The predicted molar refractivity (Wildman–Crippen MR) is 108 cm³/mol. The van der Waals surface area contributed by atoms with Crippen LogP contribution in [-0.2, 0) is 17.9 Å². The second kappa shape index (κ2) is 8.70. The molecule has 0 fully saturated rings. The van der Waals surface area contributed by atoms with Crippen molar-refractivity contribution in [3.8, 4) is 0 Å². The SMILES string of the molecule is CN=C(NCc1nccn1CC(C)C)NCC1CC(=O)Nc2ccccc21. The van der Waals surface area contributed by atoms with Crippen LogP contribution in [0, 0.1) is 5.92 Å². The van der Waals surface area contributed by atoms with E-state index >= 15 is 0 Å². The van der Waals surface area contributed by atoms with E-state index in [0.717, 1.165) is 23.6 Å². The summed E-state index contributed by atoms with van der Waals surface area (Å²) in [5.74, 6) is 2.43. The molecule has 2 aromatic rings. The number of anilines is 1. The molecule has 1 atom stereocenters. The lowest BCUT2D eigenvalue weighted by Crippen LogP contribution is -2.40. The standard InChI is InChI=1S/C20H28N6O/c1-14(2)13-26-9-8-22-18(26)12-24-20(21-3)23-11-15-10-19(27)25-17-7-5-4-6-16(15)17/h4-9,14-15H,10-13H2,1-3H3,(H,25,27)(H2,21,23,24). The van der Waals surface area contributed by atoms with Crippen molar-refractivity contribution in [1.29, 1.82) is 0 Å². The Kier molecular flexibility index (Phi) is 6.11. The highest BCUT2D eigenvalue weighted by Crippen LogP contribution is 2.31. The monoisotopic (exact) mass is 368 g/mol. The first-order valence-electron chi connectivity index (χ1n) is 9.40. The van der Waals surface area contributed by atoms with Crippen molar-refractivity contribution in [3.63, 3.8) is 0 Å². The molecule has 3 N–H and O–H groups in total. The minimum atomic E-state index is 0.0548. The van der Waals surface area contributed by atoms with Crippen LogP contribution < -0.4 is 16.0 Å². The van der Waals surface area contributed by atoms with Gasteiger partial charge >= 0.3 is 0 Å². The lowest BCUT2D eigenvalue weighted by molar-refractivity contribution is -0.116. The number of benzene rings is 1. The van der Waals surface area contributed by atoms with Gasteiger partial charge in [0.25, 0.3) is 0 Å². The molecule has 0 saturated carbocycles. The summed E-state index contributed by atoms with van der Waals surface area (Å²) < 4.78 is 2.16. The van der Waals surface area contributed by atoms with Gasteiger partial charge in [-0.2, -0.15) is 0 Å². The molecular formula is C20H28N6O. The molecular weight excluding hydrogens is 340 g/mol. The maximum absolute atomic E-state index is 12.0. The van der Waals surface area contributed by atoms with Crippen molar-refractivity contribution in [1.82, 2.24) is 20.2 Å². The van der Waals surface area contributed by atoms with Crippen molar-refractivity contribution in [3.05, 3.63) is 48.0 Å². The summed E-state index contributed by atoms with van der Waals surface area (Å²) in [5, 5.41) is 9.59. The van der Waals surface area contributed by atoms with Crippen LogP contribution in [0.25, 0.3) is 0 Å². The van der Waals surface area contributed by atoms with E-state index in [4.69, 9.17) is 0 Å². The first-order valence-corrected chi connectivity index (χ1v) is 9.40. The average molecular weight is 368 g/mol. The lowest BCUT2D eigenvalue weighted by atomic mass is 9.90. The summed E-state index contributed by atoms with van der Waals surface area (Å²) in [4.78, 5) is 20.7. The van der Waals surface area contributed by atoms with E-state index < -0.39 is 0 Å². The normalized spacial score (nSPS) is 16.8. The van der Waals surface area contributed by atoms with Crippen molar-refractivity contribution in [2.75, 3.05) is 18.9 Å². The van der Waals surface area contributed by atoms with Gasteiger partial charge in [0.2, 0.25) is 5.91 Å². The van der Waals surface area contributed by atoms with Crippen molar-refractivity contribution in [2.24, 2.45) is 10.9 Å². The molecule has 7 heteroatoms. The fourth-order valence-electron chi connectivity index (χ4n) is 3.35. The number of hydrogen-bond donors (Lipinski definition) is 3. The number of aromatic nitrogens is 2. The summed E-state index contributed by atoms with van der Waals surface area (Å²) in [6, 6.07) is 7.96. The fourth-order valence-corrected chi connectivity index (χ4v) is 3.35. The molecule has 0 radical (unpaired) electrons. The molecule has 0 spiro atoms. The van der Waals surface area contributed by atoms with Gasteiger partial charge in [0, 0.05) is 50.6 Å². The number of para-hydroxylation sites is 1. The van der Waals surface area contributed by atoms with Crippen molar-refractivity contribution >= 4 is 17.6 Å². The highest BCUT2D eigenvalue weighted by molar-refractivity contribution is 5.94. The van der Waals surface area contributed by atoms with Gasteiger partial charge in [-0.15, -0.1) is 0 Å². The van der Waals surface area contributed by atoms with Crippen LogP contribution in [0.15, 0.2) is 41.7 Å². The minimum absolute atomic E-state index is 0.0548. The number of guanidine groups is 1. The van der Waals surface area contributed by atoms with Gasteiger partial charge in [0.15, 0.2) is 5.96 Å². The Balaban J connectivity index is 1.57. The second-order valence-electron chi connectivity index (χ2n) is 7.23. The van der Waals surface area contributed by atoms with E-state index in [9.17, 15) is 4.79 Å². The zero-order valence-corrected chi connectivity index (χ0v) is 16.2. The third-order valence-electron chi connectivity index (χ3n) is 4.62. The van der Waals surface area contributed by atoms with E-state index in [1.807, 2.05) is 30.6 Å². The van der Waals surface area contributed by atoms with Crippen molar-refractivity contribution in [2.45, 2.75) is 39.3 Å². The maximum Gasteiger partial charge on any atom is 0.225 e. The minimum Gasteiger partial charge on any atom is -0.356 e. The molecule has 7 nitrogen and oxygen atoms in total. The molecule has 0 bridgehead atoms. The molecule has 0 aliphatic carbocycles. The van der Waals surface area contributed by atoms with Gasteiger partial charge in [-0.05, 0) is 17.5 Å². The molecule has 2 heterocycles. The molecule has 1 aliphatic rings. The topological polar surface area (TPSA) is 83.3 Å². The molecule has 27 heavy (non-hydrogen) atoms. The first-order chi connectivity index (χ1) is 13.1. The summed E-state index contributed by atoms with van der Waals surface area (Å²) in [5.41, 5.74) is 2.06. The van der Waals surface area contributed by atoms with E-state index in [2.05, 4.69) is 50.4 Å². The molecule has 0 saturated heterocycles. The zero-order chi connectivity index (χ0) is 19.2. The van der Waals surface area contributed by atoms with Gasteiger partial charge in [0.05, 0.1) is 6.54 Å². The van der Waals surface area contributed by atoms with E-state index in [1.54, 1.807) is 7.05 Å². The van der Waals surface area contributed by atoms with Gasteiger partial charge in [0.1, 0.15) is 5.82 Å². The number of imidazole rings is 1. The highest BCUT2D eigenvalue weighted by Gasteiger charge is 2.24. The number of fused-ring (bicyclic) bond motifs is 1. The quantitative estimate of drug-likeness (QED) is 0.540. The largest absolute Gasteiger partial charge is 0.356 e. The fraction of sp³-hybridized carbons (Fsp3) is 0.450. The smallest absolute Gasteiger partial charge is 0.225 e. The van der Waals surface area contributed by atoms with Crippen LogP contribution in [0.4, 0.5) is 5.69 Å². The molecule has 144 valence electrons. The van der Waals surface area contributed by atoms with Gasteiger partial charge in [-0.1, -0.05) is 32.0 Å². The molecule has 1 aromatic heterocycles. The Morgan fingerprint density at radius 3 is 2.96 bits per heavy atom. The number of aliphatic imine (C=N–C) groups is 1. The Labute approximate surface area is 160 Å². The Bertz CT molecular complexity index is 810. The third kappa shape index (κ3) is 4.87. The van der Waals surface area contributed by atoms with E-state index in [-0.39, 0.29) is 11.8 Å². The Morgan fingerprint density at radius 1 is 1.37 bits per heavy atom. The highest BCUT2D eigenvalue weighted by atomic mass is 16.1. The number of rotatable bonds is 6.